The minimum absolute atomic E-state index is 0.113. The molecule has 158 valence electrons. The number of aryl methyl sites for hydroxylation is 1. The van der Waals surface area contributed by atoms with E-state index in [9.17, 15) is 15.1 Å². The molecule has 0 aliphatic rings. The van der Waals surface area contributed by atoms with Crippen molar-refractivity contribution in [3.05, 3.63) is 81.4 Å². The average Bonchev–Trinajstić information content (AvgIpc) is 3.15. The number of hydrogen-bond acceptors (Lipinski definition) is 5. The van der Waals surface area contributed by atoms with Crippen molar-refractivity contribution < 1.29 is 14.6 Å². The molecule has 0 atom stereocenters. The van der Waals surface area contributed by atoms with Crippen LogP contribution in [0.5, 0.6) is 0 Å². The van der Waals surface area contributed by atoms with Gasteiger partial charge in [0.25, 0.3) is 0 Å². The molecule has 0 aliphatic carbocycles. The van der Waals surface area contributed by atoms with Gasteiger partial charge in [-0.1, -0.05) is 28.9 Å². The van der Waals surface area contributed by atoms with Crippen molar-refractivity contribution in [2.75, 3.05) is 5.32 Å². The molecule has 0 amide bonds. The lowest BCUT2D eigenvalue weighted by atomic mass is 10.0. The smallest absolute Gasteiger partial charge is 0.307 e. The van der Waals surface area contributed by atoms with Crippen molar-refractivity contribution in [3.8, 4) is 11.3 Å². The molecule has 2 N–H and O–H groups in total. The molecule has 4 aromatic rings. The number of carboxylic acids is 1. The van der Waals surface area contributed by atoms with Gasteiger partial charge in [-0.05, 0) is 30.2 Å². The zero-order valence-electron chi connectivity index (χ0n) is 16.7. The highest BCUT2D eigenvalue weighted by Gasteiger charge is 2.16. The maximum atomic E-state index is 11.6. The molecule has 9 heteroatoms. The maximum Gasteiger partial charge on any atom is 0.307 e. The molecule has 0 saturated heterocycles. The number of nitrogens with zero attached hydrogens (tertiary/aromatic N) is 4. The quantitative estimate of drug-likeness (QED) is 0.308. The highest BCUT2D eigenvalue weighted by molar-refractivity contribution is 9.10. The van der Waals surface area contributed by atoms with E-state index in [1.165, 1.54) is 12.4 Å². The first-order valence-electron chi connectivity index (χ1n) is 9.74. The van der Waals surface area contributed by atoms with Gasteiger partial charge in [0.1, 0.15) is 5.82 Å². The van der Waals surface area contributed by atoms with Crippen LogP contribution in [0.2, 0.25) is 0 Å². The molecule has 3 aromatic heterocycles. The van der Waals surface area contributed by atoms with Crippen LogP contribution in [0.1, 0.15) is 23.6 Å². The molecular formula is C22H20BrN5O3. The monoisotopic (exact) mass is 481 g/mol. The third-order valence-electron chi connectivity index (χ3n) is 4.92. The van der Waals surface area contributed by atoms with Crippen LogP contribution in [-0.4, -0.2) is 25.7 Å². The van der Waals surface area contributed by atoms with Crippen LogP contribution in [0.25, 0.3) is 16.9 Å². The molecule has 0 aliphatic heterocycles. The topological polar surface area (TPSA) is 106 Å². The number of fused-ring (bicyclic) bond motifs is 1. The lowest BCUT2D eigenvalue weighted by molar-refractivity contribution is -0.605. The third kappa shape index (κ3) is 4.51. The Labute approximate surface area is 186 Å². The Balaban J connectivity index is 1.81. The second kappa shape index (κ2) is 8.73. The molecule has 0 spiro atoms. The number of aromatic nitrogens is 4. The van der Waals surface area contributed by atoms with Crippen LogP contribution in [0.3, 0.4) is 0 Å². The minimum Gasteiger partial charge on any atom is -0.619 e. The molecule has 8 nitrogen and oxygen atoms in total. The molecule has 3 heterocycles. The zero-order chi connectivity index (χ0) is 22.0. The minimum atomic E-state index is -0.910. The molecule has 0 fully saturated rings. The Morgan fingerprint density at radius 1 is 1.29 bits per heavy atom. The number of hydrogen-bond donors (Lipinski definition) is 2. The van der Waals surface area contributed by atoms with Crippen molar-refractivity contribution in [1.29, 1.82) is 0 Å². The number of pyridine rings is 1. The number of nitrogens with one attached hydrogen (secondary N) is 1. The predicted molar refractivity (Wildman–Crippen MR) is 120 cm³/mol. The fourth-order valence-corrected chi connectivity index (χ4v) is 3.85. The van der Waals surface area contributed by atoms with E-state index >= 15 is 0 Å². The Bertz CT molecular complexity index is 1270. The second-order valence-corrected chi connectivity index (χ2v) is 8.00. The number of rotatable bonds is 7. The van der Waals surface area contributed by atoms with Gasteiger partial charge in [0.05, 0.1) is 18.3 Å². The molecule has 0 saturated carbocycles. The van der Waals surface area contributed by atoms with E-state index in [0.29, 0.717) is 29.3 Å². The van der Waals surface area contributed by atoms with Gasteiger partial charge >= 0.3 is 5.97 Å². The number of halogens is 1. The van der Waals surface area contributed by atoms with Crippen LogP contribution in [-0.2, 0) is 24.2 Å². The average molecular weight is 482 g/mol. The number of carboxylic acid groups (broad SMARTS) is 1. The maximum absolute atomic E-state index is 11.6. The van der Waals surface area contributed by atoms with Gasteiger partial charge in [-0.3, -0.25) is 4.79 Å². The molecule has 1 aromatic carbocycles. The summed E-state index contributed by atoms with van der Waals surface area (Å²) in [6.45, 7) is 2.45. The summed E-state index contributed by atoms with van der Waals surface area (Å²) in [6, 6.07) is 10.9. The van der Waals surface area contributed by atoms with Crippen LogP contribution in [0.4, 0.5) is 5.82 Å². The number of aliphatic carboxylic acids is 1. The summed E-state index contributed by atoms with van der Waals surface area (Å²) in [4.78, 5) is 16.2. The normalized spacial score (nSPS) is 11.0. The highest BCUT2D eigenvalue weighted by atomic mass is 79.9. The largest absolute Gasteiger partial charge is 0.619 e. The van der Waals surface area contributed by atoms with Crippen LogP contribution in [0, 0.1) is 5.21 Å². The van der Waals surface area contributed by atoms with Crippen molar-refractivity contribution >= 4 is 33.4 Å². The van der Waals surface area contributed by atoms with Gasteiger partial charge in [0, 0.05) is 39.8 Å². The molecule has 0 radical (unpaired) electrons. The van der Waals surface area contributed by atoms with Crippen molar-refractivity contribution in [3.63, 3.8) is 0 Å². The van der Waals surface area contributed by atoms with E-state index in [1.807, 2.05) is 31.2 Å². The SMILES string of the molecule is CCc1cnn2c(NCc3ccc[n+]([O-])c3)cc(-c3ccc(Br)cc3CC(=O)O)nc12. The first-order valence-corrected chi connectivity index (χ1v) is 10.5. The highest BCUT2D eigenvalue weighted by Crippen LogP contribution is 2.29. The second-order valence-electron chi connectivity index (χ2n) is 7.08. The Morgan fingerprint density at radius 2 is 2.13 bits per heavy atom. The van der Waals surface area contributed by atoms with E-state index in [0.717, 1.165) is 32.3 Å². The Hall–Kier alpha value is -3.46. The first-order chi connectivity index (χ1) is 14.9. The fourth-order valence-electron chi connectivity index (χ4n) is 3.44. The summed E-state index contributed by atoms with van der Waals surface area (Å²) < 4.78 is 3.29. The van der Waals surface area contributed by atoms with Crippen LogP contribution >= 0.6 is 15.9 Å². The van der Waals surface area contributed by atoms with Gasteiger partial charge in [-0.15, -0.1) is 0 Å². The molecule has 0 bridgehead atoms. The van der Waals surface area contributed by atoms with E-state index in [1.54, 1.807) is 22.8 Å². The third-order valence-corrected chi connectivity index (χ3v) is 5.41. The first kappa shape index (κ1) is 20.8. The number of benzene rings is 1. The number of anilines is 1. The molecular weight excluding hydrogens is 462 g/mol. The van der Waals surface area contributed by atoms with Crippen molar-refractivity contribution in [2.24, 2.45) is 0 Å². The summed E-state index contributed by atoms with van der Waals surface area (Å²) in [5.74, 6) is -0.211. The van der Waals surface area contributed by atoms with Gasteiger partial charge in [0.2, 0.25) is 0 Å². The standard InChI is InChI=1S/C22H20BrN5O3/c1-2-15-12-25-28-20(24-11-14-4-3-7-27(31)13-14)10-19(26-22(15)28)18-6-5-17(23)8-16(18)9-21(29)30/h3-8,10,12-13,24H,2,9,11H2,1H3,(H,29,30). The lowest BCUT2D eigenvalue weighted by Crippen LogP contribution is -2.25. The summed E-state index contributed by atoms with van der Waals surface area (Å²) in [5.41, 5.74) is 4.58. The summed E-state index contributed by atoms with van der Waals surface area (Å²) >= 11 is 3.42. The van der Waals surface area contributed by atoms with Gasteiger partial charge in [-0.25, -0.2) is 4.98 Å². The predicted octanol–water partition coefficient (Wildman–Crippen LogP) is 3.59. The fraction of sp³-hybridized carbons (Fsp3) is 0.182. The Morgan fingerprint density at radius 3 is 2.87 bits per heavy atom. The lowest BCUT2D eigenvalue weighted by Gasteiger charge is -2.13. The number of carbonyl (C=O) groups is 1. The Kier molecular flexibility index (Phi) is 5.85. The van der Waals surface area contributed by atoms with Crippen LogP contribution in [0.15, 0.2) is 59.5 Å². The van der Waals surface area contributed by atoms with Crippen molar-refractivity contribution in [1.82, 2.24) is 14.6 Å². The van der Waals surface area contributed by atoms with Gasteiger partial charge < -0.3 is 15.6 Å². The summed E-state index contributed by atoms with van der Waals surface area (Å²) in [7, 11) is 0. The van der Waals surface area contributed by atoms with Gasteiger partial charge in [0.15, 0.2) is 18.0 Å². The summed E-state index contributed by atoms with van der Waals surface area (Å²) in [5, 5.41) is 28.7. The molecule has 0 unspecified atom stereocenters. The molecule has 4 rings (SSSR count). The van der Waals surface area contributed by atoms with E-state index in [4.69, 9.17) is 4.98 Å². The van der Waals surface area contributed by atoms with E-state index < -0.39 is 5.97 Å². The van der Waals surface area contributed by atoms with E-state index in [-0.39, 0.29) is 6.42 Å². The van der Waals surface area contributed by atoms with E-state index in [2.05, 4.69) is 26.3 Å². The zero-order valence-corrected chi connectivity index (χ0v) is 18.3. The van der Waals surface area contributed by atoms with Crippen LogP contribution < -0.4 is 10.0 Å². The van der Waals surface area contributed by atoms with Gasteiger partial charge in [-0.2, -0.15) is 14.3 Å². The molecule has 31 heavy (non-hydrogen) atoms. The van der Waals surface area contributed by atoms with Crippen molar-refractivity contribution in [2.45, 2.75) is 26.3 Å². The summed E-state index contributed by atoms with van der Waals surface area (Å²) in [6.07, 6.45) is 5.37.